The third-order valence-corrected chi connectivity index (χ3v) is 5.79. The van der Waals surface area contributed by atoms with E-state index in [1.807, 2.05) is 6.07 Å². The van der Waals surface area contributed by atoms with Crippen LogP contribution in [-0.4, -0.2) is 17.5 Å². The maximum Gasteiger partial charge on any atom is 0.0350 e. The normalized spacial score (nSPS) is 30.4. The lowest BCUT2D eigenvalue weighted by Gasteiger charge is -2.45. The van der Waals surface area contributed by atoms with Crippen LogP contribution in [0, 0.1) is 17.8 Å². The van der Waals surface area contributed by atoms with Gasteiger partial charge in [0, 0.05) is 24.8 Å². The molecule has 1 saturated carbocycles. The molecular formula is C19H30N2. The standard InChI is InChI=1S/C19H30N2/c1-13(2)16-8-7-14(3)11-19(16)21-10-9-17-15(12-21)5-4-6-18(17)20/h4-6,13-14,16,19H,7-12,20H2,1-3H3. The predicted molar refractivity (Wildman–Crippen MR) is 90.1 cm³/mol. The number of rotatable bonds is 2. The van der Waals surface area contributed by atoms with E-state index >= 15 is 0 Å². The molecule has 1 aliphatic heterocycles. The zero-order valence-electron chi connectivity index (χ0n) is 13.8. The Balaban J connectivity index is 1.80. The molecule has 2 aliphatic rings. The first-order valence-electron chi connectivity index (χ1n) is 8.66. The highest BCUT2D eigenvalue weighted by Gasteiger charge is 2.35. The van der Waals surface area contributed by atoms with Gasteiger partial charge in [-0.05, 0) is 54.2 Å². The molecule has 116 valence electrons. The second kappa shape index (κ2) is 6.00. The molecule has 0 saturated heterocycles. The lowest BCUT2D eigenvalue weighted by molar-refractivity contribution is 0.0500. The van der Waals surface area contributed by atoms with E-state index in [2.05, 4.69) is 37.8 Å². The molecule has 0 aromatic heterocycles. The number of nitrogens with zero attached hydrogens (tertiary/aromatic N) is 1. The maximum absolute atomic E-state index is 6.14. The summed E-state index contributed by atoms with van der Waals surface area (Å²) in [5, 5.41) is 0. The lowest BCUT2D eigenvalue weighted by atomic mass is 9.73. The average molecular weight is 286 g/mol. The molecular weight excluding hydrogens is 256 g/mol. The van der Waals surface area contributed by atoms with Crippen LogP contribution in [0.15, 0.2) is 18.2 Å². The molecule has 0 amide bonds. The summed E-state index contributed by atoms with van der Waals surface area (Å²) < 4.78 is 0. The minimum atomic E-state index is 0.767. The largest absolute Gasteiger partial charge is 0.398 e. The Morgan fingerprint density at radius 3 is 2.81 bits per heavy atom. The SMILES string of the molecule is CC1CCC(C(C)C)C(N2CCc3c(N)cccc3C2)C1. The molecule has 0 bridgehead atoms. The van der Waals surface area contributed by atoms with Crippen LogP contribution in [0.2, 0.25) is 0 Å². The molecule has 1 aromatic rings. The van der Waals surface area contributed by atoms with Crippen molar-refractivity contribution in [3.05, 3.63) is 29.3 Å². The van der Waals surface area contributed by atoms with E-state index in [9.17, 15) is 0 Å². The van der Waals surface area contributed by atoms with Crippen LogP contribution in [0.25, 0.3) is 0 Å². The van der Waals surface area contributed by atoms with Gasteiger partial charge in [-0.3, -0.25) is 4.90 Å². The van der Waals surface area contributed by atoms with Gasteiger partial charge in [0.25, 0.3) is 0 Å². The van der Waals surface area contributed by atoms with Crippen LogP contribution in [0.4, 0.5) is 5.69 Å². The second-order valence-corrected chi connectivity index (χ2v) is 7.60. The van der Waals surface area contributed by atoms with Crippen molar-refractivity contribution >= 4 is 5.69 Å². The van der Waals surface area contributed by atoms with Crippen molar-refractivity contribution < 1.29 is 0 Å². The van der Waals surface area contributed by atoms with Gasteiger partial charge in [0.1, 0.15) is 0 Å². The molecule has 1 aromatic carbocycles. The number of hydrogen-bond donors (Lipinski definition) is 1. The van der Waals surface area contributed by atoms with E-state index in [4.69, 9.17) is 5.73 Å². The fourth-order valence-corrected chi connectivity index (χ4v) is 4.52. The van der Waals surface area contributed by atoms with Gasteiger partial charge < -0.3 is 5.73 Å². The first kappa shape index (κ1) is 14.9. The Kier molecular flexibility index (Phi) is 4.26. The fourth-order valence-electron chi connectivity index (χ4n) is 4.52. The van der Waals surface area contributed by atoms with Crippen LogP contribution in [-0.2, 0) is 13.0 Å². The number of fused-ring (bicyclic) bond motifs is 1. The van der Waals surface area contributed by atoms with Crippen LogP contribution in [0.5, 0.6) is 0 Å². The van der Waals surface area contributed by atoms with Gasteiger partial charge in [0.2, 0.25) is 0 Å². The third kappa shape index (κ3) is 2.96. The maximum atomic E-state index is 6.14. The molecule has 3 rings (SSSR count). The summed E-state index contributed by atoms with van der Waals surface area (Å²) in [4.78, 5) is 2.75. The Hall–Kier alpha value is -1.02. The summed E-state index contributed by atoms with van der Waals surface area (Å²) in [6.07, 6.45) is 5.32. The molecule has 1 aliphatic carbocycles. The Morgan fingerprint density at radius 2 is 2.05 bits per heavy atom. The highest BCUT2D eigenvalue weighted by atomic mass is 15.2. The van der Waals surface area contributed by atoms with Crippen molar-refractivity contribution in [1.82, 2.24) is 4.90 Å². The number of benzene rings is 1. The van der Waals surface area contributed by atoms with Gasteiger partial charge >= 0.3 is 0 Å². The van der Waals surface area contributed by atoms with Gasteiger partial charge in [0.05, 0.1) is 0 Å². The van der Waals surface area contributed by atoms with Gasteiger partial charge in [-0.15, -0.1) is 0 Å². The second-order valence-electron chi connectivity index (χ2n) is 7.60. The van der Waals surface area contributed by atoms with Gasteiger partial charge in [-0.1, -0.05) is 39.3 Å². The highest BCUT2D eigenvalue weighted by molar-refractivity contribution is 5.51. The zero-order valence-corrected chi connectivity index (χ0v) is 13.8. The van der Waals surface area contributed by atoms with Crippen molar-refractivity contribution in [2.24, 2.45) is 17.8 Å². The quantitative estimate of drug-likeness (QED) is 0.830. The molecule has 2 heteroatoms. The molecule has 3 unspecified atom stereocenters. The van der Waals surface area contributed by atoms with Crippen molar-refractivity contribution in [3.8, 4) is 0 Å². The van der Waals surface area contributed by atoms with Gasteiger partial charge in [-0.2, -0.15) is 0 Å². The zero-order chi connectivity index (χ0) is 15.0. The summed E-state index contributed by atoms with van der Waals surface area (Å²) in [7, 11) is 0. The summed E-state index contributed by atoms with van der Waals surface area (Å²) in [6, 6.07) is 7.20. The van der Waals surface area contributed by atoms with E-state index in [0.717, 1.165) is 42.4 Å². The smallest absolute Gasteiger partial charge is 0.0350 e. The Morgan fingerprint density at radius 1 is 1.24 bits per heavy atom. The van der Waals surface area contributed by atoms with Crippen molar-refractivity contribution in [1.29, 1.82) is 0 Å². The number of nitrogens with two attached hydrogens (primary N) is 1. The highest BCUT2D eigenvalue weighted by Crippen LogP contribution is 2.38. The number of anilines is 1. The molecule has 21 heavy (non-hydrogen) atoms. The monoisotopic (exact) mass is 286 g/mol. The van der Waals surface area contributed by atoms with Crippen LogP contribution >= 0.6 is 0 Å². The van der Waals surface area contributed by atoms with E-state index in [0.29, 0.717) is 0 Å². The molecule has 0 spiro atoms. The van der Waals surface area contributed by atoms with Crippen LogP contribution in [0.3, 0.4) is 0 Å². The summed E-state index contributed by atoms with van der Waals surface area (Å²) >= 11 is 0. The first-order chi connectivity index (χ1) is 10.1. The molecule has 2 nitrogen and oxygen atoms in total. The Bertz CT molecular complexity index is 494. The van der Waals surface area contributed by atoms with Crippen molar-refractivity contribution in [3.63, 3.8) is 0 Å². The molecule has 3 atom stereocenters. The summed E-state index contributed by atoms with van der Waals surface area (Å²) in [6.45, 7) is 9.52. The fraction of sp³-hybridized carbons (Fsp3) is 0.684. The molecule has 2 N–H and O–H groups in total. The van der Waals surface area contributed by atoms with E-state index in [1.54, 1.807) is 0 Å². The minimum absolute atomic E-state index is 0.767. The van der Waals surface area contributed by atoms with Gasteiger partial charge in [-0.25, -0.2) is 0 Å². The topological polar surface area (TPSA) is 29.3 Å². The van der Waals surface area contributed by atoms with Crippen molar-refractivity contribution in [2.45, 2.75) is 59.0 Å². The molecule has 1 fully saturated rings. The third-order valence-electron chi connectivity index (χ3n) is 5.79. The van der Waals surface area contributed by atoms with E-state index < -0.39 is 0 Å². The van der Waals surface area contributed by atoms with Crippen LogP contribution < -0.4 is 5.73 Å². The molecule has 0 radical (unpaired) electrons. The minimum Gasteiger partial charge on any atom is -0.398 e. The summed E-state index contributed by atoms with van der Waals surface area (Å²) in [5.41, 5.74) is 10.00. The molecule has 1 heterocycles. The average Bonchev–Trinajstić information content (AvgIpc) is 2.46. The van der Waals surface area contributed by atoms with Crippen LogP contribution in [0.1, 0.15) is 51.2 Å². The number of hydrogen-bond acceptors (Lipinski definition) is 2. The number of nitrogen functional groups attached to an aromatic ring is 1. The lowest BCUT2D eigenvalue weighted by Crippen LogP contribution is -2.47. The summed E-state index contributed by atoms with van der Waals surface area (Å²) in [5.74, 6) is 2.54. The first-order valence-corrected chi connectivity index (χ1v) is 8.66. The predicted octanol–water partition coefficient (Wildman–Crippen LogP) is 4.09. The van der Waals surface area contributed by atoms with Crippen molar-refractivity contribution in [2.75, 3.05) is 12.3 Å². The van der Waals surface area contributed by atoms with E-state index in [1.165, 1.54) is 36.9 Å². The van der Waals surface area contributed by atoms with E-state index in [-0.39, 0.29) is 0 Å². The van der Waals surface area contributed by atoms with Gasteiger partial charge in [0.15, 0.2) is 0 Å². The Labute approximate surface area is 129 Å².